The van der Waals surface area contributed by atoms with E-state index in [2.05, 4.69) is 5.32 Å². The number of hydrogen-bond donors (Lipinski definition) is 2. The molecule has 0 aliphatic heterocycles. The number of carbonyl (C=O) groups excluding carboxylic acids is 1. The molecule has 1 amide bonds. The van der Waals surface area contributed by atoms with E-state index in [1.54, 1.807) is 19.9 Å². The zero-order valence-corrected chi connectivity index (χ0v) is 8.90. The van der Waals surface area contributed by atoms with Gasteiger partial charge in [0.15, 0.2) is 5.54 Å². The van der Waals surface area contributed by atoms with E-state index in [0.717, 1.165) is 5.57 Å². The third kappa shape index (κ3) is 3.91. The summed E-state index contributed by atoms with van der Waals surface area (Å²) in [7, 11) is 0. The largest absolute Gasteiger partial charge is 0.415 e. The second-order valence-corrected chi connectivity index (χ2v) is 3.69. The Hall–Kier alpha value is -1.04. The molecule has 15 heavy (non-hydrogen) atoms. The van der Waals surface area contributed by atoms with Crippen molar-refractivity contribution in [3.05, 3.63) is 11.6 Å². The van der Waals surface area contributed by atoms with E-state index in [-0.39, 0.29) is 6.54 Å². The Balaban J connectivity index is 4.40. The van der Waals surface area contributed by atoms with Gasteiger partial charge in [0.05, 0.1) is 0 Å². The number of nitrogens with one attached hydrogen (secondary N) is 1. The van der Waals surface area contributed by atoms with Crippen LogP contribution in [-0.4, -0.2) is 24.2 Å². The quantitative estimate of drug-likeness (QED) is 0.711. The highest BCUT2D eigenvalue weighted by Crippen LogP contribution is 2.27. The van der Waals surface area contributed by atoms with Gasteiger partial charge in [0, 0.05) is 6.54 Å². The molecule has 0 rings (SSSR count). The molecule has 0 radical (unpaired) electrons. The molecule has 3 nitrogen and oxygen atoms in total. The maximum atomic E-state index is 12.3. The lowest BCUT2D eigenvalue weighted by Gasteiger charge is -2.25. The molecule has 0 aromatic heterocycles. The zero-order valence-electron chi connectivity index (χ0n) is 8.90. The SMILES string of the molecule is CC(C)=CCNC(=O)C(C)(N)C(F)(F)F. The van der Waals surface area contributed by atoms with Crippen LogP contribution in [0.3, 0.4) is 0 Å². The van der Waals surface area contributed by atoms with Crippen LogP contribution >= 0.6 is 0 Å². The molecule has 0 fully saturated rings. The van der Waals surface area contributed by atoms with Crippen molar-refractivity contribution in [1.29, 1.82) is 0 Å². The maximum Gasteiger partial charge on any atom is 0.415 e. The van der Waals surface area contributed by atoms with E-state index in [1.165, 1.54) is 0 Å². The Kier molecular flexibility index (Phi) is 4.33. The van der Waals surface area contributed by atoms with E-state index < -0.39 is 17.6 Å². The van der Waals surface area contributed by atoms with Crippen molar-refractivity contribution in [2.45, 2.75) is 32.5 Å². The molecule has 0 spiro atoms. The van der Waals surface area contributed by atoms with Gasteiger partial charge in [-0.15, -0.1) is 0 Å². The van der Waals surface area contributed by atoms with E-state index in [4.69, 9.17) is 5.73 Å². The molecule has 88 valence electrons. The van der Waals surface area contributed by atoms with E-state index in [9.17, 15) is 18.0 Å². The van der Waals surface area contributed by atoms with Gasteiger partial charge in [-0.2, -0.15) is 13.2 Å². The summed E-state index contributed by atoms with van der Waals surface area (Å²) in [6.07, 6.45) is -3.15. The highest BCUT2D eigenvalue weighted by molar-refractivity contribution is 5.86. The number of rotatable bonds is 3. The summed E-state index contributed by atoms with van der Waals surface area (Å²) >= 11 is 0. The van der Waals surface area contributed by atoms with Gasteiger partial charge in [-0.05, 0) is 20.8 Å². The van der Waals surface area contributed by atoms with Gasteiger partial charge in [-0.1, -0.05) is 11.6 Å². The number of nitrogens with two attached hydrogens (primary N) is 1. The average Bonchev–Trinajstić information content (AvgIpc) is 2.01. The van der Waals surface area contributed by atoms with Gasteiger partial charge in [0.1, 0.15) is 0 Å². The summed E-state index contributed by atoms with van der Waals surface area (Å²) < 4.78 is 36.8. The summed E-state index contributed by atoms with van der Waals surface area (Å²) in [6.45, 7) is 4.24. The molecule has 1 unspecified atom stereocenters. The number of allylic oxidation sites excluding steroid dienone is 1. The third-order valence-corrected chi connectivity index (χ3v) is 1.83. The van der Waals surface area contributed by atoms with Crippen LogP contribution in [0.1, 0.15) is 20.8 Å². The summed E-state index contributed by atoms with van der Waals surface area (Å²) in [6, 6.07) is 0. The van der Waals surface area contributed by atoms with Gasteiger partial charge < -0.3 is 11.1 Å². The number of alkyl halides is 3. The van der Waals surface area contributed by atoms with Crippen molar-refractivity contribution in [1.82, 2.24) is 5.32 Å². The van der Waals surface area contributed by atoms with Gasteiger partial charge in [-0.3, -0.25) is 4.79 Å². The summed E-state index contributed by atoms with van der Waals surface area (Å²) in [5, 5.41) is 2.10. The second-order valence-electron chi connectivity index (χ2n) is 3.69. The minimum Gasteiger partial charge on any atom is -0.351 e. The fourth-order valence-electron chi connectivity index (χ4n) is 0.660. The van der Waals surface area contributed by atoms with Crippen LogP contribution in [0.4, 0.5) is 13.2 Å². The van der Waals surface area contributed by atoms with Crippen LogP contribution in [0.15, 0.2) is 11.6 Å². The smallest absolute Gasteiger partial charge is 0.351 e. The van der Waals surface area contributed by atoms with Crippen LogP contribution in [0.2, 0.25) is 0 Å². The van der Waals surface area contributed by atoms with E-state index >= 15 is 0 Å². The molecule has 0 aromatic rings. The van der Waals surface area contributed by atoms with Crippen molar-refractivity contribution in [3.63, 3.8) is 0 Å². The number of carbonyl (C=O) groups is 1. The fraction of sp³-hybridized carbons (Fsp3) is 0.667. The molecule has 3 N–H and O–H groups in total. The molecule has 1 atom stereocenters. The van der Waals surface area contributed by atoms with Crippen LogP contribution < -0.4 is 11.1 Å². The number of hydrogen-bond acceptors (Lipinski definition) is 2. The molecule has 6 heteroatoms. The molecular weight excluding hydrogens is 209 g/mol. The normalized spacial score (nSPS) is 15.4. The number of amides is 1. The van der Waals surface area contributed by atoms with Crippen molar-refractivity contribution >= 4 is 5.91 Å². The third-order valence-electron chi connectivity index (χ3n) is 1.83. The molecule has 0 aromatic carbocycles. The van der Waals surface area contributed by atoms with Gasteiger partial charge in [0.2, 0.25) is 5.91 Å². The zero-order chi connectivity index (χ0) is 12.3. The Morgan fingerprint density at radius 2 is 1.87 bits per heavy atom. The molecule has 0 heterocycles. The van der Waals surface area contributed by atoms with Crippen LogP contribution in [0.5, 0.6) is 0 Å². The molecular formula is C9H15F3N2O. The first-order chi connectivity index (χ1) is 6.59. The topological polar surface area (TPSA) is 55.1 Å². The minimum absolute atomic E-state index is 0.0457. The first-order valence-corrected chi connectivity index (χ1v) is 4.36. The fourth-order valence-corrected chi connectivity index (χ4v) is 0.660. The standard InChI is InChI=1S/C9H15F3N2O/c1-6(2)4-5-14-7(15)8(3,13)9(10,11)12/h4H,5,13H2,1-3H3,(H,14,15). The van der Waals surface area contributed by atoms with Crippen molar-refractivity contribution in [2.24, 2.45) is 5.73 Å². The molecule has 0 aliphatic carbocycles. The van der Waals surface area contributed by atoms with Crippen molar-refractivity contribution < 1.29 is 18.0 Å². The lowest BCUT2D eigenvalue weighted by atomic mass is 10.0. The second kappa shape index (κ2) is 4.65. The maximum absolute atomic E-state index is 12.3. The predicted octanol–water partition coefficient (Wildman–Crippen LogP) is 1.35. The van der Waals surface area contributed by atoms with Gasteiger partial charge in [0.25, 0.3) is 0 Å². The van der Waals surface area contributed by atoms with Gasteiger partial charge >= 0.3 is 6.18 Å². The highest BCUT2D eigenvalue weighted by atomic mass is 19.4. The van der Waals surface area contributed by atoms with Crippen molar-refractivity contribution in [2.75, 3.05) is 6.54 Å². The van der Waals surface area contributed by atoms with Crippen LogP contribution in [0, 0.1) is 0 Å². The molecule has 0 saturated heterocycles. The molecule has 0 aliphatic rings. The average molecular weight is 224 g/mol. The minimum atomic E-state index is -4.75. The van der Waals surface area contributed by atoms with Crippen LogP contribution in [0.25, 0.3) is 0 Å². The van der Waals surface area contributed by atoms with E-state index in [0.29, 0.717) is 6.92 Å². The molecule has 0 saturated carbocycles. The molecule has 0 bridgehead atoms. The Labute approximate surface area is 86.5 Å². The Morgan fingerprint density at radius 3 is 2.20 bits per heavy atom. The van der Waals surface area contributed by atoms with E-state index in [1.807, 2.05) is 0 Å². The number of halogens is 3. The van der Waals surface area contributed by atoms with Gasteiger partial charge in [-0.25, -0.2) is 0 Å². The lowest BCUT2D eigenvalue weighted by Crippen LogP contribution is -2.61. The lowest BCUT2D eigenvalue weighted by molar-refractivity contribution is -0.187. The summed E-state index contributed by atoms with van der Waals surface area (Å²) in [5.41, 5.74) is 2.96. The van der Waals surface area contributed by atoms with Crippen LogP contribution in [-0.2, 0) is 4.79 Å². The summed E-state index contributed by atoms with van der Waals surface area (Å²) in [4.78, 5) is 11.1. The predicted molar refractivity (Wildman–Crippen MR) is 51.1 cm³/mol. The first-order valence-electron chi connectivity index (χ1n) is 4.36. The van der Waals surface area contributed by atoms with Crippen molar-refractivity contribution in [3.8, 4) is 0 Å². The summed E-state index contributed by atoms with van der Waals surface area (Å²) in [5.74, 6) is -1.23. The first kappa shape index (κ1) is 14.0. The monoisotopic (exact) mass is 224 g/mol. The highest BCUT2D eigenvalue weighted by Gasteiger charge is 2.53. The Bertz CT molecular complexity index is 265. The Morgan fingerprint density at radius 1 is 1.40 bits per heavy atom.